The second kappa shape index (κ2) is 11.9. The van der Waals surface area contributed by atoms with E-state index in [-0.39, 0.29) is 30.4 Å². The Kier molecular flexibility index (Phi) is 10.7. The molecule has 2 unspecified atom stereocenters. The standard InChI is InChI=1S/C21H34BF5/c1-4-7-10-13-16-17(14-11-8-5-2)21(22(26)27,15-12-9-6-3)20(25)19(24)18(16)23/h20H,4-15H2,1-3H3. The zero-order chi connectivity index (χ0) is 20.4. The van der Waals surface area contributed by atoms with Crippen molar-refractivity contribution in [3.05, 3.63) is 22.8 Å². The molecule has 0 heterocycles. The molecule has 0 saturated heterocycles. The molecular weight excluding hydrogens is 358 g/mol. The van der Waals surface area contributed by atoms with Crippen molar-refractivity contribution in [1.29, 1.82) is 0 Å². The Bertz CT molecular complexity index is 515. The fourth-order valence-electron chi connectivity index (χ4n) is 4.09. The lowest BCUT2D eigenvalue weighted by atomic mass is 9.49. The van der Waals surface area contributed by atoms with Crippen LogP contribution in [0.25, 0.3) is 0 Å². The summed E-state index contributed by atoms with van der Waals surface area (Å²) < 4.78 is 72.6. The van der Waals surface area contributed by atoms with Crippen molar-refractivity contribution in [3.8, 4) is 0 Å². The second-order valence-corrected chi connectivity index (χ2v) is 7.69. The highest BCUT2D eigenvalue weighted by molar-refractivity contribution is 6.49. The Morgan fingerprint density at radius 2 is 1.33 bits per heavy atom. The van der Waals surface area contributed by atoms with Gasteiger partial charge < -0.3 is 0 Å². The quantitative estimate of drug-likeness (QED) is 0.167. The van der Waals surface area contributed by atoms with Gasteiger partial charge in [-0.3, -0.25) is 8.63 Å². The molecule has 0 aromatic rings. The molecule has 6 heteroatoms. The van der Waals surface area contributed by atoms with Crippen LogP contribution in [0, 0.1) is 0 Å². The topological polar surface area (TPSA) is 0 Å². The van der Waals surface area contributed by atoms with Gasteiger partial charge in [0.15, 0.2) is 17.8 Å². The molecule has 0 radical (unpaired) electrons. The van der Waals surface area contributed by atoms with Gasteiger partial charge in [-0.25, -0.2) is 13.2 Å². The minimum Gasteiger partial charge on any atom is -0.286 e. The van der Waals surface area contributed by atoms with Crippen molar-refractivity contribution >= 4 is 7.27 Å². The van der Waals surface area contributed by atoms with E-state index in [4.69, 9.17) is 0 Å². The molecule has 0 amide bonds. The van der Waals surface area contributed by atoms with Gasteiger partial charge in [-0.2, -0.15) is 0 Å². The van der Waals surface area contributed by atoms with Gasteiger partial charge >= 0.3 is 7.27 Å². The molecule has 1 rings (SSSR count). The molecule has 0 spiro atoms. The molecule has 0 aliphatic heterocycles. The van der Waals surface area contributed by atoms with Crippen LogP contribution in [-0.4, -0.2) is 13.4 Å². The van der Waals surface area contributed by atoms with E-state index < -0.39 is 30.4 Å². The highest BCUT2D eigenvalue weighted by Crippen LogP contribution is 2.59. The Hall–Kier alpha value is -0.805. The summed E-state index contributed by atoms with van der Waals surface area (Å²) in [5, 5.41) is -2.22. The van der Waals surface area contributed by atoms with Gasteiger partial charge in [-0.15, -0.1) is 0 Å². The summed E-state index contributed by atoms with van der Waals surface area (Å²) in [6.07, 6.45) is 4.07. The molecule has 1 aliphatic carbocycles. The lowest BCUT2D eigenvalue weighted by Gasteiger charge is -2.41. The zero-order valence-corrected chi connectivity index (χ0v) is 17.0. The van der Waals surface area contributed by atoms with E-state index in [0.29, 0.717) is 25.7 Å². The van der Waals surface area contributed by atoms with Gasteiger partial charge in [-0.05, 0) is 37.7 Å². The first-order chi connectivity index (χ1) is 12.9. The summed E-state index contributed by atoms with van der Waals surface area (Å²) in [7, 11) is -3.05. The molecule has 0 saturated carbocycles. The van der Waals surface area contributed by atoms with Crippen LogP contribution in [0.15, 0.2) is 22.8 Å². The molecule has 156 valence electrons. The van der Waals surface area contributed by atoms with Gasteiger partial charge in [0.2, 0.25) is 0 Å². The Balaban J connectivity index is 3.42. The fraction of sp³-hybridized carbons (Fsp3) is 0.810. The largest absolute Gasteiger partial charge is 0.551 e. The van der Waals surface area contributed by atoms with Gasteiger partial charge in [0.1, 0.15) is 0 Å². The number of alkyl halides is 1. The van der Waals surface area contributed by atoms with E-state index in [2.05, 4.69) is 0 Å². The fourth-order valence-corrected chi connectivity index (χ4v) is 4.09. The first kappa shape index (κ1) is 24.2. The molecule has 0 aromatic carbocycles. The average Bonchev–Trinajstić information content (AvgIpc) is 2.64. The number of hydrogen-bond donors (Lipinski definition) is 0. The molecule has 0 N–H and O–H groups in total. The Labute approximate surface area is 161 Å². The van der Waals surface area contributed by atoms with Crippen LogP contribution in [0.5, 0.6) is 0 Å². The van der Waals surface area contributed by atoms with Gasteiger partial charge in [0.25, 0.3) is 0 Å². The minimum atomic E-state index is -3.05. The molecule has 2 atom stereocenters. The summed E-state index contributed by atoms with van der Waals surface area (Å²) in [4.78, 5) is 0. The Morgan fingerprint density at radius 1 is 0.815 bits per heavy atom. The molecule has 0 nitrogen and oxygen atoms in total. The monoisotopic (exact) mass is 392 g/mol. The highest BCUT2D eigenvalue weighted by Gasteiger charge is 2.59. The third-order valence-corrected chi connectivity index (χ3v) is 5.72. The lowest BCUT2D eigenvalue weighted by Crippen LogP contribution is -2.41. The summed E-state index contributed by atoms with van der Waals surface area (Å²) in [6, 6.07) is 0. The number of hydrogen-bond acceptors (Lipinski definition) is 0. The van der Waals surface area contributed by atoms with Crippen LogP contribution in [0.2, 0.25) is 5.31 Å². The van der Waals surface area contributed by atoms with Crippen molar-refractivity contribution < 1.29 is 21.8 Å². The summed E-state index contributed by atoms with van der Waals surface area (Å²) in [6.45, 7) is 5.89. The predicted octanol–water partition coefficient (Wildman–Crippen LogP) is 8.69. The highest BCUT2D eigenvalue weighted by atomic mass is 19.2. The van der Waals surface area contributed by atoms with E-state index in [1.165, 1.54) is 0 Å². The lowest BCUT2D eigenvalue weighted by molar-refractivity contribution is 0.214. The molecule has 0 bridgehead atoms. The summed E-state index contributed by atoms with van der Waals surface area (Å²) >= 11 is 0. The molecule has 1 aliphatic rings. The number of halogens is 5. The maximum atomic E-state index is 15.0. The SMILES string of the molecule is CCCCCC1=C(CCCCC)C(CCCCC)(B(F)F)C(F)C(F)=C1F. The van der Waals surface area contributed by atoms with Crippen molar-refractivity contribution in [2.75, 3.05) is 0 Å². The molecular formula is C21H34BF5. The zero-order valence-electron chi connectivity index (χ0n) is 17.0. The Morgan fingerprint density at radius 3 is 1.85 bits per heavy atom. The van der Waals surface area contributed by atoms with Crippen LogP contribution in [-0.2, 0) is 0 Å². The van der Waals surface area contributed by atoms with Gasteiger partial charge in [0.05, 0.1) is 5.31 Å². The smallest absolute Gasteiger partial charge is 0.286 e. The number of unbranched alkanes of at least 4 members (excludes halogenated alkanes) is 6. The van der Waals surface area contributed by atoms with Crippen molar-refractivity contribution in [1.82, 2.24) is 0 Å². The first-order valence-corrected chi connectivity index (χ1v) is 10.6. The van der Waals surface area contributed by atoms with Gasteiger partial charge in [0, 0.05) is 0 Å². The summed E-state index contributed by atoms with van der Waals surface area (Å²) in [5.41, 5.74) is 0.160. The van der Waals surface area contributed by atoms with E-state index in [1.807, 2.05) is 20.8 Å². The summed E-state index contributed by atoms with van der Waals surface area (Å²) in [5.74, 6) is -2.85. The van der Waals surface area contributed by atoms with Crippen LogP contribution in [0.4, 0.5) is 21.8 Å². The van der Waals surface area contributed by atoms with Crippen molar-refractivity contribution in [2.45, 2.75) is 109 Å². The normalized spacial score (nSPS) is 23.3. The average molecular weight is 392 g/mol. The number of rotatable bonds is 13. The third-order valence-electron chi connectivity index (χ3n) is 5.72. The maximum absolute atomic E-state index is 15.0. The maximum Gasteiger partial charge on any atom is 0.551 e. The van der Waals surface area contributed by atoms with Crippen LogP contribution in [0.1, 0.15) is 97.8 Å². The predicted molar refractivity (Wildman–Crippen MR) is 104 cm³/mol. The minimum absolute atomic E-state index is 0.0164. The molecule has 27 heavy (non-hydrogen) atoms. The molecule has 0 aromatic heterocycles. The second-order valence-electron chi connectivity index (χ2n) is 7.69. The van der Waals surface area contributed by atoms with E-state index in [9.17, 15) is 21.8 Å². The molecule has 0 fully saturated rings. The van der Waals surface area contributed by atoms with Crippen molar-refractivity contribution in [3.63, 3.8) is 0 Å². The van der Waals surface area contributed by atoms with E-state index in [1.54, 1.807) is 0 Å². The van der Waals surface area contributed by atoms with E-state index >= 15 is 0 Å². The van der Waals surface area contributed by atoms with E-state index in [0.717, 1.165) is 32.1 Å². The number of allylic oxidation sites excluding steroid dienone is 4. The van der Waals surface area contributed by atoms with Crippen LogP contribution >= 0.6 is 0 Å². The van der Waals surface area contributed by atoms with Crippen molar-refractivity contribution in [2.24, 2.45) is 0 Å². The first-order valence-electron chi connectivity index (χ1n) is 10.6. The van der Waals surface area contributed by atoms with Crippen LogP contribution in [0.3, 0.4) is 0 Å². The van der Waals surface area contributed by atoms with Gasteiger partial charge in [-0.1, -0.05) is 71.3 Å². The third kappa shape index (κ3) is 5.60. The van der Waals surface area contributed by atoms with Crippen LogP contribution < -0.4 is 0 Å².